The Labute approximate surface area is 82.8 Å². The van der Waals surface area contributed by atoms with Crippen LogP contribution in [-0.2, 0) is 15.6 Å². The fourth-order valence-corrected chi connectivity index (χ4v) is 1.74. The second-order valence-corrected chi connectivity index (χ2v) is 4.23. The summed E-state index contributed by atoms with van der Waals surface area (Å²) in [5.41, 5.74) is 0. The molecule has 1 N–H and O–H groups in total. The summed E-state index contributed by atoms with van der Waals surface area (Å²) in [6.07, 6.45) is 0. The van der Waals surface area contributed by atoms with Gasteiger partial charge in [0.2, 0.25) is 0 Å². The molecule has 0 spiro atoms. The number of hydrogen-bond donors (Lipinski definition) is 1. The maximum atomic E-state index is 11.3. The summed E-state index contributed by atoms with van der Waals surface area (Å²) in [7, 11) is -1.48. The molecule has 1 rings (SSSR count). The highest BCUT2D eigenvalue weighted by Crippen LogP contribution is 2.12. The topological polar surface area (TPSA) is 54.4 Å². The van der Waals surface area contributed by atoms with Gasteiger partial charge >= 0.3 is 5.97 Å². The summed E-state index contributed by atoms with van der Waals surface area (Å²) in [4.78, 5) is 10.7. The van der Waals surface area contributed by atoms with Gasteiger partial charge in [0.05, 0.1) is 10.8 Å². The van der Waals surface area contributed by atoms with E-state index in [0.717, 1.165) is 0 Å². The number of aliphatic carboxylic acids is 1. The molecule has 13 heavy (non-hydrogen) atoms. The molecule has 0 amide bonds. The van der Waals surface area contributed by atoms with Crippen LogP contribution >= 0.6 is 11.6 Å². The van der Waals surface area contributed by atoms with Crippen molar-refractivity contribution >= 4 is 28.4 Å². The van der Waals surface area contributed by atoms with Crippen LogP contribution in [0, 0.1) is 0 Å². The van der Waals surface area contributed by atoms with Gasteiger partial charge in [0, 0.05) is 9.92 Å². The quantitative estimate of drug-likeness (QED) is 0.837. The molecule has 1 aromatic rings. The molecule has 0 unspecified atom stereocenters. The SMILES string of the molecule is O=C(O)C[S@@](=O)c1ccc(Cl)cc1. The Kier molecular flexibility index (Phi) is 3.45. The zero-order valence-corrected chi connectivity index (χ0v) is 8.14. The summed E-state index contributed by atoms with van der Waals surface area (Å²) in [5.74, 6) is -1.45. The first kappa shape index (κ1) is 10.2. The zero-order valence-electron chi connectivity index (χ0n) is 6.57. The molecule has 0 bridgehead atoms. The molecule has 0 aromatic heterocycles. The second-order valence-electron chi connectivity index (χ2n) is 2.34. The molecule has 0 fully saturated rings. The van der Waals surface area contributed by atoms with Crippen LogP contribution in [0.5, 0.6) is 0 Å². The number of halogens is 1. The van der Waals surface area contributed by atoms with E-state index in [-0.39, 0.29) is 5.75 Å². The van der Waals surface area contributed by atoms with Crippen molar-refractivity contribution in [3.05, 3.63) is 29.3 Å². The summed E-state index contributed by atoms with van der Waals surface area (Å²) in [6.45, 7) is 0. The lowest BCUT2D eigenvalue weighted by Crippen LogP contribution is -2.08. The number of carboxylic acid groups (broad SMARTS) is 1. The van der Waals surface area contributed by atoms with Crippen LogP contribution in [0.3, 0.4) is 0 Å². The maximum absolute atomic E-state index is 11.3. The Morgan fingerprint density at radius 1 is 1.38 bits per heavy atom. The fraction of sp³-hybridized carbons (Fsp3) is 0.125. The van der Waals surface area contributed by atoms with Crippen LogP contribution in [0.2, 0.25) is 5.02 Å². The highest BCUT2D eigenvalue weighted by molar-refractivity contribution is 7.85. The molecular formula is C8H7ClO3S. The molecule has 0 saturated heterocycles. The Bertz CT molecular complexity index is 334. The minimum atomic E-state index is -1.48. The van der Waals surface area contributed by atoms with Crippen LogP contribution in [0.1, 0.15) is 0 Å². The van der Waals surface area contributed by atoms with Crippen molar-refractivity contribution in [2.75, 3.05) is 5.75 Å². The molecule has 1 atom stereocenters. The summed E-state index contributed by atoms with van der Waals surface area (Å²) >= 11 is 5.61. The summed E-state index contributed by atoms with van der Waals surface area (Å²) in [6, 6.07) is 6.27. The van der Waals surface area contributed by atoms with Gasteiger partial charge in [0.1, 0.15) is 5.75 Å². The Morgan fingerprint density at radius 2 is 1.92 bits per heavy atom. The summed E-state index contributed by atoms with van der Waals surface area (Å²) in [5, 5.41) is 8.92. The largest absolute Gasteiger partial charge is 0.481 e. The van der Waals surface area contributed by atoms with Crippen molar-refractivity contribution in [2.24, 2.45) is 0 Å². The average molecular weight is 219 g/mol. The van der Waals surface area contributed by atoms with Crippen molar-refractivity contribution in [3.63, 3.8) is 0 Å². The highest BCUT2D eigenvalue weighted by atomic mass is 35.5. The molecule has 0 aliphatic carbocycles. The lowest BCUT2D eigenvalue weighted by atomic mass is 10.4. The smallest absolute Gasteiger partial charge is 0.316 e. The Balaban J connectivity index is 2.78. The molecule has 0 aliphatic heterocycles. The minimum Gasteiger partial charge on any atom is -0.481 e. The first-order valence-corrected chi connectivity index (χ1v) is 5.15. The predicted octanol–water partition coefficient (Wildman–Crippen LogP) is 1.53. The predicted molar refractivity (Wildman–Crippen MR) is 50.4 cm³/mol. The first-order valence-electron chi connectivity index (χ1n) is 3.45. The normalized spacial score (nSPS) is 12.4. The average Bonchev–Trinajstić information content (AvgIpc) is 2.04. The summed E-state index contributed by atoms with van der Waals surface area (Å²) < 4.78 is 11.3. The number of carboxylic acids is 1. The number of hydrogen-bond acceptors (Lipinski definition) is 2. The van der Waals surface area contributed by atoms with E-state index in [1.165, 1.54) is 0 Å². The van der Waals surface area contributed by atoms with Crippen molar-refractivity contribution in [1.82, 2.24) is 0 Å². The third-order valence-corrected chi connectivity index (χ3v) is 2.89. The monoisotopic (exact) mass is 218 g/mol. The zero-order chi connectivity index (χ0) is 9.84. The standard InChI is InChI=1S/C8H7ClO3S/c9-6-1-3-7(4-2-6)13(12)5-8(10)11/h1-4H,5H2,(H,10,11)/t13-/m1/s1. The van der Waals surface area contributed by atoms with Gasteiger partial charge in [0.15, 0.2) is 0 Å². The van der Waals surface area contributed by atoms with Gasteiger partial charge in [-0.1, -0.05) is 11.6 Å². The van der Waals surface area contributed by atoms with Gasteiger partial charge in [-0.2, -0.15) is 0 Å². The van der Waals surface area contributed by atoms with Gasteiger partial charge in [0.25, 0.3) is 0 Å². The highest BCUT2D eigenvalue weighted by Gasteiger charge is 2.07. The van der Waals surface area contributed by atoms with E-state index in [1.807, 2.05) is 0 Å². The van der Waals surface area contributed by atoms with E-state index in [1.54, 1.807) is 24.3 Å². The van der Waals surface area contributed by atoms with E-state index in [2.05, 4.69) is 0 Å². The van der Waals surface area contributed by atoms with Gasteiger partial charge < -0.3 is 5.11 Å². The lowest BCUT2D eigenvalue weighted by molar-refractivity contribution is -0.133. The molecule has 3 nitrogen and oxygen atoms in total. The van der Waals surface area contributed by atoms with E-state index < -0.39 is 16.8 Å². The lowest BCUT2D eigenvalue weighted by Gasteiger charge is -1.98. The third-order valence-electron chi connectivity index (χ3n) is 1.33. The van der Waals surface area contributed by atoms with Gasteiger partial charge in [-0.3, -0.25) is 9.00 Å². The molecule has 0 aliphatic rings. The van der Waals surface area contributed by atoms with Gasteiger partial charge in [-0.05, 0) is 24.3 Å². The molecule has 0 saturated carbocycles. The van der Waals surface area contributed by atoms with Crippen molar-refractivity contribution in [2.45, 2.75) is 4.90 Å². The van der Waals surface area contributed by atoms with Crippen LogP contribution in [0.15, 0.2) is 29.2 Å². The van der Waals surface area contributed by atoms with Crippen molar-refractivity contribution in [3.8, 4) is 0 Å². The van der Waals surface area contributed by atoms with Crippen LogP contribution in [0.4, 0.5) is 0 Å². The van der Waals surface area contributed by atoms with E-state index >= 15 is 0 Å². The van der Waals surface area contributed by atoms with Gasteiger partial charge in [-0.25, -0.2) is 0 Å². The number of benzene rings is 1. The molecule has 5 heteroatoms. The Hall–Kier alpha value is -0.870. The molecule has 0 radical (unpaired) electrons. The van der Waals surface area contributed by atoms with E-state index in [9.17, 15) is 9.00 Å². The van der Waals surface area contributed by atoms with Crippen molar-refractivity contribution in [1.29, 1.82) is 0 Å². The molecular weight excluding hydrogens is 212 g/mol. The van der Waals surface area contributed by atoms with Crippen LogP contribution < -0.4 is 0 Å². The molecule has 1 aromatic carbocycles. The maximum Gasteiger partial charge on any atom is 0.316 e. The number of rotatable bonds is 3. The minimum absolute atomic E-state index is 0.373. The number of carbonyl (C=O) groups is 1. The third kappa shape index (κ3) is 3.16. The van der Waals surface area contributed by atoms with Crippen LogP contribution in [-0.4, -0.2) is 21.0 Å². The second kappa shape index (κ2) is 4.39. The molecule has 0 heterocycles. The van der Waals surface area contributed by atoms with E-state index in [4.69, 9.17) is 16.7 Å². The Morgan fingerprint density at radius 3 is 2.38 bits per heavy atom. The van der Waals surface area contributed by atoms with Crippen molar-refractivity contribution < 1.29 is 14.1 Å². The van der Waals surface area contributed by atoms with E-state index in [0.29, 0.717) is 9.92 Å². The van der Waals surface area contributed by atoms with Crippen LogP contribution in [0.25, 0.3) is 0 Å². The van der Waals surface area contributed by atoms with Gasteiger partial charge in [-0.15, -0.1) is 0 Å². The first-order chi connectivity index (χ1) is 6.09. The fourth-order valence-electron chi connectivity index (χ4n) is 0.782. The molecule has 70 valence electrons.